The first kappa shape index (κ1) is 10.7. The Balaban J connectivity index is 2.29. The van der Waals surface area contributed by atoms with Crippen molar-refractivity contribution in [3.8, 4) is 0 Å². The predicted octanol–water partition coefficient (Wildman–Crippen LogP) is 2.59. The van der Waals surface area contributed by atoms with Gasteiger partial charge in [-0.05, 0) is 26.7 Å². The first-order valence-electron chi connectivity index (χ1n) is 5.28. The first-order valence-corrected chi connectivity index (χ1v) is 5.81. The molecule has 2 rings (SSSR count). The highest BCUT2D eigenvalue weighted by atomic mass is 35.5. The van der Waals surface area contributed by atoms with Gasteiger partial charge in [0.15, 0.2) is 0 Å². The smallest absolute Gasteiger partial charge is 0.147 e. The molecule has 82 valence electrons. The number of hydrogen-bond donors (Lipinski definition) is 0. The molecule has 0 bridgehead atoms. The van der Waals surface area contributed by atoms with Crippen molar-refractivity contribution < 1.29 is 0 Å². The molecule has 0 radical (unpaired) electrons. The van der Waals surface area contributed by atoms with Crippen molar-refractivity contribution in [2.45, 2.75) is 38.1 Å². The summed E-state index contributed by atoms with van der Waals surface area (Å²) in [5, 5.41) is 0. The maximum atomic E-state index is 5.76. The van der Waals surface area contributed by atoms with E-state index in [1.54, 1.807) is 6.20 Å². The Bertz CT molecular complexity index is 351. The maximum Gasteiger partial charge on any atom is 0.147 e. The summed E-state index contributed by atoms with van der Waals surface area (Å²) in [5.74, 6) is 1.38. The fraction of sp³-hybridized carbons (Fsp3) is 0.636. The Morgan fingerprint density at radius 2 is 2.27 bits per heavy atom. The van der Waals surface area contributed by atoms with E-state index in [0.29, 0.717) is 5.88 Å². The van der Waals surface area contributed by atoms with Crippen LogP contribution in [-0.4, -0.2) is 22.1 Å². The van der Waals surface area contributed by atoms with Crippen LogP contribution in [0.2, 0.25) is 0 Å². The third kappa shape index (κ3) is 2.07. The van der Waals surface area contributed by atoms with E-state index in [2.05, 4.69) is 28.7 Å². The zero-order valence-corrected chi connectivity index (χ0v) is 9.96. The molecule has 0 amide bonds. The number of alkyl halides is 1. The quantitative estimate of drug-likeness (QED) is 0.725. The first-order chi connectivity index (χ1) is 7.13. The van der Waals surface area contributed by atoms with Gasteiger partial charge in [-0.3, -0.25) is 4.98 Å². The average Bonchev–Trinajstić information content (AvgIpc) is 2.58. The zero-order chi connectivity index (χ0) is 10.9. The summed E-state index contributed by atoms with van der Waals surface area (Å²) in [6, 6.07) is 0. The molecule has 1 aliphatic rings. The van der Waals surface area contributed by atoms with E-state index in [0.717, 1.165) is 18.1 Å². The third-order valence-electron chi connectivity index (χ3n) is 2.99. The molecule has 0 aliphatic carbocycles. The third-order valence-corrected chi connectivity index (χ3v) is 3.26. The van der Waals surface area contributed by atoms with Gasteiger partial charge in [-0.2, -0.15) is 0 Å². The van der Waals surface area contributed by atoms with Gasteiger partial charge in [-0.15, -0.1) is 11.6 Å². The molecule has 0 N–H and O–H groups in total. The molecule has 0 spiro atoms. The highest BCUT2D eigenvalue weighted by molar-refractivity contribution is 6.16. The van der Waals surface area contributed by atoms with Crippen LogP contribution < -0.4 is 4.90 Å². The lowest BCUT2D eigenvalue weighted by atomic mass is 10.0. The number of anilines is 1. The van der Waals surface area contributed by atoms with E-state index in [1.165, 1.54) is 12.8 Å². The Morgan fingerprint density at radius 1 is 1.47 bits per heavy atom. The summed E-state index contributed by atoms with van der Waals surface area (Å²) in [5.41, 5.74) is 1.04. The summed E-state index contributed by atoms with van der Waals surface area (Å²) in [7, 11) is 0. The van der Waals surface area contributed by atoms with Gasteiger partial charge < -0.3 is 4.90 Å². The Kier molecular flexibility index (Phi) is 2.83. The van der Waals surface area contributed by atoms with Crippen molar-refractivity contribution in [2.24, 2.45) is 0 Å². The Hall–Kier alpha value is -0.830. The lowest BCUT2D eigenvalue weighted by molar-refractivity contribution is 0.513. The van der Waals surface area contributed by atoms with Gasteiger partial charge in [0.2, 0.25) is 0 Å². The molecule has 2 heterocycles. The van der Waals surface area contributed by atoms with Gasteiger partial charge >= 0.3 is 0 Å². The van der Waals surface area contributed by atoms with E-state index >= 15 is 0 Å². The van der Waals surface area contributed by atoms with E-state index in [9.17, 15) is 0 Å². The topological polar surface area (TPSA) is 29.0 Å². The SMILES string of the molecule is CC1(C)CCCN1c1cncc(CCl)n1. The number of nitrogens with zero attached hydrogens (tertiary/aromatic N) is 3. The van der Waals surface area contributed by atoms with Gasteiger partial charge in [0.05, 0.1) is 17.8 Å². The minimum absolute atomic E-state index is 0.194. The van der Waals surface area contributed by atoms with E-state index < -0.39 is 0 Å². The minimum atomic E-state index is 0.194. The zero-order valence-electron chi connectivity index (χ0n) is 9.20. The van der Waals surface area contributed by atoms with Crippen molar-refractivity contribution >= 4 is 17.4 Å². The molecular weight excluding hydrogens is 210 g/mol. The van der Waals surface area contributed by atoms with Crippen LogP contribution in [0.5, 0.6) is 0 Å². The van der Waals surface area contributed by atoms with Crippen molar-refractivity contribution in [3.05, 3.63) is 18.1 Å². The van der Waals surface area contributed by atoms with E-state index in [-0.39, 0.29) is 5.54 Å². The van der Waals surface area contributed by atoms with Crippen molar-refractivity contribution in [2.75, 3.05) is 11.4 Å². The molecule has 15 heavy (non-hydrogen) atoms. The second kappa shape index (κ2) is 3.97. The number of halogens is 1. The normalized spacial score (nSPS) is 19.5. The predicted molar refractivity (Wildman–Crippen MR) is 62.2 cm³/mol. The van der Waals surface area contributed by atoms with Crippen LogP contribution in [0.3, 0.4) is 0 Å². The van der Waals surface area contributed by atoms with Gasteiger partial charge in [-0.25, -0.2) is 4.98 Å². The summed E-state index contributed by atoms with van der Waals surface area (Å²) >= 11 is 5.76. The molecule has 1 aliphatic heterocycles. The van der Waals surface area contributed by atoms with Gasteiger partial charge in [-0.1, -0.05) is 0 Å². The summed E-state index contributed by atoms with van der Waals surface area (Å²) < 4.78 is 0. The second-order valence-corrected chi connectivity index (χ2v) is 4.84. The number of aromatic nitrogens is 2. The number of hydrogen-bond acceptors (Lipinski definition) is 3. The van der Waals surface area contributed by atoms with Crippen LogP contribution in [0.15, 0.2) is 12.4 Å². The van der Waals surface area contributed by atoms with Crippen LogP contribution in [0.25, 0.3) is 0 Å². The summed E-state index contributed by atoms with van der Waals surface area (Å²) in [6.07, 6.45) is 5.97. The van der Waals surface area contributed by atoms with Crippen LogP contribution in [0, 0.1) is 0 Å². The summed E-state index contributed by atoms with van der Waals surface area (Å²) in [4.78, 5) is 11.0. The highest BCUT2D eigenvalue weighted by Gasteiger charge is 2.32. The number of rotatable bonds is 2. The molecule has 1 aromatic heterocycles. The largest absolute Gasteiger partial charge is 0.350 e. The fourth-order valence-electron chi connectivity index (χ4n) is 2.12. The molecule has 0 aromatic carbocycles. The molecule has 0 unspecified atom stereocenters. The molecular formula is C11H16ClN3. The molecule has 0 atom stereocenters. The van der Waals surface area contributed by atoms with Crippen LogP contribution in [-0.2, 0) is 5.88 Å². The van der Waals surface area contributed by atoms with Crippen molar-refractivity contribution in [1.29, 1.82) is 0 Å². The monoisotopic (exact) mass is 225 g/mol. The lowest BCUT2D eigenvalue weighted by Gasteiger charge is -2.32. The van der Waals surface area contributed by atoms with Gasteiger partial charge in [0.25, 0.3) is 0 Å². The Labute approximate surface area is 95.5 Å². The maximum absolute atomic E-state index is 5.76. The molecule has 3 nitrogen and oxygen atoms in total. The van der Waals surface area contributed by atoms with E-state index in [4.69, 9.17) is 11.6 Å². The molecule has 1 saturated heterocycles. The van der Waals surface area contributed by atoms with Crippen molar-refractivity contribution in [3.63, 3.8) is 0 Å². The van der Waals surface area contributed by atoms with Crippen LogP contribution in [0.1, 0.15) is 32.4 Å². The van der Waals surface area contributed by atoms with Crippen molar-refractivity contribution in [1.82, 2.24) is 9.97 Å². The lowest BCUT2D eigenvalue weighted by Crippen LogP contribution is -2.38. The summed E-state index contributed by atoms with van der Waals surface area (Å²) in [6.45, 7) is 5.55. The van der Waals surface area contributed by atoms with Gasteiger partial charge in [0, 0.05) is 18.3 Å². The minimum Gasteiger partial charge on any atom is -0.350 e. The fourth-order valence-corrected chi connectivity index (χ4v) is 2.25. The molecule has 0 saturated carbocycles. The molecule has 1 fully saturated rings. The Morgan fingerprint density at radius 3 is 2.87 bits per heavy atom. The van der Waals surface area contributed by atoms with E-state index in [1.807, 2.05) is 6.20 Å². The second-order valence-electron chi connectivity index (χ2n) is 4.57. The van der Waals surface area contributed by atoms with Crippen LogP contribution in [0.4, 0.5) is 5.82 Å². The highest BCUT2D eigenvalue weighted by Crippen LogP contribution is 2.31. The standard InChI is InChI=1S/C11H16ClN3/c1-11(2)4-3-5-15(11)10-8-13-7-9(6-12)14-10/h7-8H,3-6H2,1-2H3. The average molecular weight is 226 g/mol. The van der Waals surface area contributed by atoms with Gasteiger partial charge in [0.1, 0.15) is 5.82 Å². The van der Waals surface area contributed by atoms with Crippen LogP contribution >= 0.6 is 11.6 Å². The molecule has 4 heteroatoms. The molecule has 1 aromatic rings.